The van der Waals surface area contributed by atoms with Gasteiger partial charge in [0.1, 0.15) is 4.90 Å². The van der Waals surface area contributed by atoms with E-state index in [0.29, 0.717) is 6.42 Å². The summed E-state index contributed by atoms with van der Waals surface area (Å²) in [5.74, 6) is -2.70. The van der Waals surface area contributed by atoms with Crippen molar-refractivity contribution in [1.29, 1.82) is 0 Å². The van der Waals surface area contributed by atoms with Gasteiger partial charge >= 0.3 is 0 Å². The number of hydrogen-bond donors (Lipinski definition) is 2. The number of halogens is 2. The summed E-state index contributed by atoms with van der Waals surface area (Å²) in [7, 11) is -4.11. The Morgan fingerprint density at radius 3 is 2.43 bits per heavy atom. The molecule has 8 heteroatoms. The van der Waals surface area contributed by atoms with E-state index in [-0.39, 0.29) is 12.2 Å². The quantitative estimate of drug-likeness (QED) is 0.563. The molecule has 0 spiro atoms. The number of sulfonamides is 1. The maximum absolute atomic E-state index is 13.6. The number of nitrogens with one attached hydrogen (secondary N) is 1. The Labute approximate surface area is 124 Å². The summed E-state index contributed by atoms with van der Waals surface area (Å²) in [5.41, 5.74) is 5.21. The third kappa shape index (κ3) is 4.90. The fourth-order valence-corrected chi connectivity index (χ4v) is 3.10. The molecule has 0 aliphatic carbocycles. The first kappa shape index (κ1) is 17.8. The van der Waals surface area contributed by atoms with Crippen molar-refractivity contribution in [3.05, 3.63) is 23.8 Å². The van der Waals surface area contributed by atoms with Crippen LogP contribution in [0.4, 0.5) is 14.5 Å². The number of nitrogens with zero attached hydrogens (tertiary/aromatic N) is 1. The van der Waals surface area contributed by atoms with Gasteiger partial charge in [0.05, 0.1) is 0 Å². The molecule has 5 nitrogen and oxygen atoms in total. The van der Waals surface area contributed by atoms with E-state index >= 15 is 0 Å². The maximum Gasteiger partial charge on any atom is 0.243 e. The minimum absolute atomic E-state index is 0.141. The SMILES string of the molecule is CCN(CC)CCCNS(=O)(=O)c1cc(N)cc(F)c1F. The number of anilines is 1. The Morgan fingerprint density at radius 1 is 1.24 bits per heavy atom. The molecular formula is C13H21F2N3O2S. The van der Waals surface area contributed by atoms with E-state index < -0.39 is 26.6 Å². The molecular weight excluding hydrogens is 300 g/mol. The largest absolute Gasteiger partial charge is 0.399 e. The number of benzene rings is 1. The fraction of sp³-hybridized carbons (Fsp3) is 0.538. The first-order valence-corrected chi connectivity index (χ1v) is 8.26. The molecule has 0 heterocycles. The molecule has 0 amide bonds. The predicted molar refractivity (Wildman–Crippen MR) is 78.4 cm³/mol. The standard InChI is InChI=1S/C13H21F2N3O2S/c1-3-18(4-2)7-5-6-17-21(19,20)12-9-10(16)8-11(14)13(12)15/h8-9,17H,3-7,16H2,1-2H3. The molecule has 0 aliphatic rings. The summed E-state index contributed by atoms with van der Waals surface area (Å²) in [4.78, 5) is 1.37. The van der Waals surface area contributed by atoms with Crippen LogP contribution in [0.2, 0.25) is 0 Å². The highest BCUT2D eigenvalue weighted by Gasteiger charge is 2.22. The molecule has 0 fully saturated rings. The van der Waals surface area contributed by atoms with Gasteiger partial charge in [0.25, 0.3) is 0 Å². The lowest BCUT2D eigenvalue weighted by Crippen LogP contribution is -2.30. The molecule has 21 heavy (non-hydrogen) atoms. The van der Waals surface area contributed by atoms with Gasteiger partial charge < -0.3 is 10.6 Å². The lowest BCUT2D eigenvalue weighted by Gasteiger charge is -2.17. The lowest BCUT2D eigenvalue weighted by molar-refractivity contribution is 0.300. The van der Waals surface area contributed by atoms with Crippen LogP contribution in [0.15, 0.2) is 17.0 Å². The Kier molecular flexibility index (Phi) is 6.50. The van der Waals surface area contributed by atoms with Crippen molar-refractivity contribution >= 4 is 15.7 Å². The van der Waals surface area contributed by atoms with Gasteiger partial charge in [-0.2, -0.15) is 0 Å². The Hall–Kier alpha value is -1.25. The van der Waals surface area contributed by atoms with Crippen LogP contribution in [0.5, 0.6) is 0 Å². The van der Waals surface area contributed by atoms with Crippen LogP contribution >= 0.6 is 0 Å². The molecule has 1 aromatic rings. The smallest absolute Gasteiger partial charge is 0.243 e. The zero-order chi connectivity index (χ0) is 16.0. The second-order valence-corrected chi connectivity index (χ2v) is 6.33. The Balaban J connectivity index is 2.71. The maximum atomic E-state index is 13.6. The summed E-state index contributed by atoms with van der Waals surface area (Å²) in [6.07, 6.45) is 0.577. The van der Waals surface area contributed by atoms with Crippen LogP contribution in [-0.4, -0.2) is 39.5 Å². The average Bonchev–Trinajstić information content (AvgIpc) is 2.43. The molecule has 0 aromatic heterocycles. The van der Waals surface area contributed by atoms with Gasteiger partial charge in [-0.3, -0.25) is 0 Å². The number of nitrogens with two attached hydrogens (primary N) is 1. The molecule has 0 bridgehead atoms. The highest BCUT2D eigenvalue weighted by Crippen LogP contribution is 2.20. The topological polar surface area (TPSA) is 75.4 Å². The zero-order valence-electron chi connectivity index (χ0n) is 12.2. The highest BCUT2D eigenvalue weighted by molar-refractivity contribution is 7.89. The predicted octanol–water partition coefficient (Wildman–Crippen LogP) is 1.56. The van der Waals surface area contributed by atoms with Crippen LogP contribution in [0.1, 0.15) is 20.3 Å². The third-order valence-corrected chi connectivity index (χ3v) is 4.60. The van der Waals surface area contributed by atoms with Crippen LogP contribution in [0.3, 0.4) is 0 Å². The van der Waals surface area contributed by atoms with Crippen molar-refractivity contribution in [2.45, 2.75) is 25.2 Å². The first-order chi connectivity index (χ1) is 9.81. The van der Waals surface area contributed by atoms with Crippen LogP contribution in [0.25, 0.3) is 0 Å². The monoisotopic (exact) mass is 321 g/mol. The van der Waals surface area contributed by atoms with E-state index in [4.69, 9.17) is 5.73 Å². The Bertz CT molecular complexity index is 575. The van der Waals surface area contributed by atoms with Crippen LogP contribution in [0, 0.1) is 11.6 Å². The summed E-state index contributed by atoms with van der Waals surface area (Å²) >= 11 is 0. The van der Waals surface area contributed by atoms with E-state index in [1.165, 1.54) is 0 Å². The number of rotatable bonds is 8. The van der Waals surface area contributed by atoms with Gasteiger partial charge in [-0.15, -0.1) is 0 Å². The van der Waals surface area contributed by atoms with Crippen molar-refractivity contribution < 1.29 is 17.2 Å². The van der Waals surface area contributed by atoms with Gasteiger partial charge in [-0.1, -0.05) is 13.8 Å². The van der Waals surface area contributed by atoms with E-state index in [1.807, 2.05) is 13.8 Å². The Morgan fingerprint density at radius 2 is 1.86 bits per heavy atom. The fourth-order valence-electron chi connectivity index (χ4n) is 1.91. The highest BCUT2D eigenvalue weighted by atomic mass is 32.2. The minimum atomic E-state index is -4.11. The molecule has 0 radical (unpaired) electrons. The average molecular weight is 321 g/mol. The molecule has 0 saturated carbocycles. The lowest BCUT2D eigenvalue weighted by atomic mass is 10.3. The van der Waals surface area contributed by atoms with E-state index in [0.717, 1.165) is 31.8 Å². The molecule has 0 saturated heterocycles. The van der Waals surface area contributed by atoms with Crippen molar-refractivity contribution in [3.63, 3.8) is 0 Å². The van der Waals surface area contributed by atoms with E-state index in [1.54, 1.807) is 0 Å². The van der Waals surface area contributed by atoms with Crippen molar-refractivity contribution in [2.24, 2.45) is 0 Å². The van der Waals surface area contributed by atoms with Gasteiger partial charge in [0, 0.05) is 12.2 Å². The molecule has 1 rings (SSSR count). The van der Waals surface area contributed by atoms with Gasteiger partial charge in [-0.25, -0.2) is 21.9 Å². The van der Waals surface area contributed by atoms with Gasteiger partial charge in [0.15, 0.2) is 11.6 Å². The normalized spacial score (nSPS) is 12.0. The van der Waals surface area contributed by atoms with E-state index in [9.17, 15) is 17.2 Å². The van der Waals surface area contributed by atoms with Gasteiger partial charge in [-0.05, 0) is 38.2 Å². The third-order valence-electron chi connectivity index (χ3n) is 3.14. The van der Waals surface area contributed by atoms with Crippen molar-refractivity contribution in [3.8, 4) is 0 Å². The molecule has 3 N–H and O–H groups in total. The molecule has 1 aromatic carbocycles. The van der Waals surface area contributed by atoms with Crippen molar-refractivity contribution in [1.82, 2.24) is 9.62 Å². The van der Waals surface area contributed by atoms with E-state index in [2.05, 4.69) is 9.62 Å². The second-order valence-electron chi connectivity index (χ2n) is 4.59. The van der Waals surface area contributed by atoms with Crippen LogP contribution < -0.4 is 10.5 Å². The zero-order valence-corrected chi connectivity index (χ0v) is 13.0. The summed E-state index contributed by atoms with van der Waals surface area (Å²) < 4.78 is 52.9. The molecule has 0 atom stereocenters. The van der Waals surface area contributed by atoms with Crippen molar-refractivity contribution in [2.75, 3.05) is 31.9 Å². The minimum Gasteiger partial charge on any atom is -0.399 e. The molecule has 120 valence electrons. The summed E-state index contributed by atoms with van der Waals surface area (Å²) in [5, 5.41) is 0. The number of nitrogen functional groups attached to an aromatic ring is 1. The van der Waals surface area contributed by atoms with Crippen LogP contribution in [-0.2, 0) is 10.0 Å². The number of hydrogen-bond acceptors (Lipinski definition) is 4. The summed E-state index contributed by atoms with van der Waals surface area (Å²) in [6, 6.07) is 1.65. The molecule has 0 aliphatic heterocycles. The first-order valence-electron chi connectivity index (χ1n) is 6.78. The summed E-state index contributed by atoms with van der Waals surface area (Å²) in [6.45, 7) is 6.64. The van der Waals surface area contributed by atoms with Gasteiger partial charge in [0.2, 0.25) is 10.0 Å². The molecule has 0 unspecified atom stereocenters. The second kappa shape index (κ2) is 7.67.